The van der Waals surface area contributed by atoms with Crippen LogP contribution in [0.15, 0.2) is 65.6 Å². The minimum absolute atomic E-state index is 0.0384. The first-order valence-electron chi connectivity index (χ1n) is 11.3. The molecule has 1 aliphatic rings. The summed E-state index contributed by atoms with van der Waals surface area (Å²) in [5, 5.41) is 2.85. The van der Waals surface area contributed by atoms with Gasteiger partial charge in [-0.3, -0.25) is 4.79 Å². The molecule has 4 rings (SSSR count). The fourth-order valence-corrected chi connectivity index (χ4v) is 4.83. The lowest BCUT2D eigenvalue weighted by Gasteiger charge is -2.20. The fourth-order valence-electron chi connectivity index (χ4n) is 3.68. The van der Waals surface area contributed by atoms with E-state index in [0.717, 1.165) is 5.56 Å². The van der Waals surface area contributed by atoms with Crippen molar-refractivity contribution in [2.24, 2.45) is 0 Å². The standard InChI is InChI=1S/C26H28N2O6S/c1-4-32-23-11-7-19(26(29)27-21-8-12-24-25(16-21)34-14-13-33-24)15-20(23)17-28(3)35(30,31)22-9-5-18(2)6-10-22/h5-12,15-16H,4,13-14,17H2,1-3H3,(H,27,29). The lowest BCUT2D eigenvalue weighted by Crippen LogP contribution is -2.27. The molecule has 0 radical (unpaired) electrons. The fraction of sp³-hybridized carbons (Fsp3) is 0.269. The van der Waals surface area contributed by atoms with Crippen LogP contribution >= 0.6 is 0 Å². The molecule has 0 bridgehead atoms. The average Bonchev–Trinajstić information content (AvgIpc) is 2.85. The first-order chi connectivity index (χ1) is 16.8. The molecule has 0 saturated carbocycles. The van der Waals surface area contributed by atoms with Crippen LogP contribution in [0.3, 0.4) is 0 Å². The maximum Gasteiger partial charge on any atom is 0.255 e. The third-order valence-corrected chi connectivity index (χ3v) is 7.36. The van der Waals surface area contributed by atoms with E-state index >= 15 is 0 Å². The Kier molecular flexibility index (Phi) is 7.28. The van der Waals surface area contributed by atoms with Crippen LogP contribution in [0, 0.1) is 6.92 Å². The zero-order chi connectivity index (χ0) is 25.0. The lowest BCUT2D eigenvalue weighted by molar-refractivity contribution is 0.102. The van der Waals surface area contributed by atoms with Gasteiger partial charge in [-0.05, 0) is 56.3 Å². The number of fused-ring (bicyclic) bond motifs is 1. The van der Waals surface area contributed by atoms with Crippen LogP contribution in [0.2, 0.25) is 0 Å². The number of anilines is 1. The molecular weight excluding hydrogens is 468 g/mol. The molecule has 1 aliphatic heterocycles. The molecule has 35 heavy (non-hydrogen) atoms. The third-order valence-electron chi connectivity index (χ3n) is 5.54. The van der Waals surface area contributed by atoms with Crippen molar-refractivity contribution in [2.75, 3.05) is 32.2 Å². The van der Waals surface area contributed by atoms with Crippen LogP contribution in [0.4, 0.5) is 5.69 Å². The SMILES string of the molecule is CCOc1ccc(C(=O)Nc2ccc3c(c2)OCCO3)cc1CN(C)S(=O)(=O)c1ccc(C)cc1. The van der Waals surface area contributed by atoms with Crippen LogP contribution in [0.25, 0.3) is 0 Å². The van der Waals surface area contributed by atoms with Crippen LogP contribution < -0.4 is 19.5 Å². The predicted molar refractivity (Wildman–Crippen MR) is 133 cm³/mol. The molecule has 1 N–H and O–H groups in total. The van der Waals surface area contributed by atoms with E-state index in [2.05, 4.69) is 5.32 Å². The van der Waals surface area contributed by atoms with E-state index in [-0.39, 0.29) is 17.3 Å². The number of carbonyl (C=O) groups is 1. The Morgan fingerprint density at radius 2 is 1.71 bits per heavy atom. The zero-order valence-electron chi connectivity index (χ0n) is 19.9. The van der Waals surface area contributed by atoms with Crippen molar-refractivity contribution in [1.29, 1.82) is 0 Å². The average molecular weight is 497 g/mol. The summed E-state index contributed by atoms with van der Waals surface area (Å²) in [7, 11) is -2.22. The van der Waals surface area contributed by atoms with Crippen LogP contribution in [0.1, 0.15) is 28.4 Å². The quantitative estimate of drug-likeness (QED) is 0.501. The Labute approximate surface area is 205 Å². The van der Waals surface area contributed by atoms with Gasteiger partial charge in [0.1, 0.15) is 19.0 Å². The highest BCUT2D eigenvalue weighted by Crippen LogP contribution is 2.33. The van der Waals surface area contributed by atoms with Crippen molar-refractivity contribution in [3.05, 3.63) is 77.4 Å². The van der Waals surface area contributed by atoms with Crippen molar-refractivity contribution in [3.8, 4) is 17.2 Å². The summed E-state index contributed by atoms with van der Waals surface area (Å²) < 4.78 is 44.2. The van der Waals surface area contributed by atoms with Gasteiger partial charge in [-0.2, -0.15) is 4.31 Å². The Morgan fingerprint density at radius 3 is 2.43 bits per heavy atom. The van der Waals surface area contributed by atoms with Gasteiger partial charge in [0.05, 0.1) is 11.5 Å². The number of amides is 1. The minimum atomic E-state index is -3.72. The molecule has 3 aromatic rings. The van der Waals surface area contributed by atoms with E-state index in [1.54, 1.807) is 60.7 Å². The molecule has 1 heterocycles. The minimum Gasteiger partial charge on any atom is -0.494 e. The highest BCUT2D eigenvalue weighted by atomic mass is 32.2. The normalized spacial score (nSPS) is 12.9. The first kappa shape index (κ1) is 24.6. The molecular formula is C26H28N2O6S. The smallest absolute Gasteiger partial charge is 0.255 e. The van der Waals surface area contributed by atoms with Gasteiger partial charge in [-0.25, -0.2) is 8.42 Å². The molecule has 0 aromatic heterocycles. The number of hydrogen-bond donors (Lipinski definition) is 1. The monoisotopic (exact) mass is 496 g/mol. The number of rotatable bonds is 8. The van der Waals surface area contributed by atoms with E-state index in [1.807, 2.05) is 13.8 Å². The molecule has 0 spiro atoms. The van der Waals surface area contributed by atoms with Crippen molar-refractivity contribution in [2.45, 2.75) is 25.3 Å². The second kappa shape index (κ2) is 10.4. The zero-order valence-corrected chi connectivity index (χ0v) is 20.7. The maximum atomic E-state index is 13.1. The number of aryl methyl sites for hydroxylation is 1. The van der Waals surface area contributed by atoms with Crippen molar-refractivity contribution in [1.82, 2.24) is 4.31 Å². The molecule has 184 valence electrons. The summed E-state index contributed by atoms with van der Waals surface area (Å²) in [6, 6.07) is 16.9. The summed E-state index contributed by atoms with van der Waals surface area (Å²) in [6.07, 6.45) is 0. The Balaban J connectivity index is 1.56. The largest absolute Gasteiger partial charge is 0.494 e. The highest BCUT2D eigenvalue weighted by molar-refractivity contribution is 7.89. The van der Waals surface area contributed by atoms with E-state index in [0.29, 0.717) is 53.9 Å². The summed E-state index contributed by atoms with van der Waals surface area (Å²) >= 11 is 0. The number of hydrogen-bond acceptors (Lipinski definition) is 6. The highest BCUT2D eigenvalue weighted by Gasteiger charge is 2.23. The molecule has 0 aliphatic carbocycles. The molecule has 0 fully saturated rings. The van der Waals surface area contributed by atoms with Gasteiger partial charge in [0, 0.05) is 36.5 Å². The van der Waals surface area contributed by atoms with E-state index in [4.69, 9.17) is 14.2 Å². The molecule has 0 atom stereocenters. The van der Waals surface area contributed by atoms with Crippen molar-refractivity contribution >= 4 is 21.6 Å². The maximum absolute atomic E-state index is 13.1. The van der Waals surface area contributed by atoms with Gasteiger partial charge in [0.15, 0.2) is 11.5 Å². The topological polar surface area (TPSA) is 94.2 Å². The summed E-state index contributed by atoms with van der Waals surface area (Å²) in [6.45, 7) is 5.13. The number of carbonyl (C=O) groups excluding carboxylic acids is 1. The van der Waals surface area contributed by atoms with Gasteiger partial charge >= 0.3 is 0 Å². The number of ether oxygens (including phenoxy) is 3. The molecule has 9 heteroatoms. The lowest BCUT2D eigenvalue weighted by atomic mass is 10.1. The number of sulfonamides is 1. The first-order valence-corrected chi connectivity index (χ1v) is 12.7. The second-order valence-corrected chi connectivity index (χ2v) is 10.2. The van der Waals surface area contributed by atoms with Crippen LogP contribution in [-0.4, -0.2) is 45.5 Å². The van der Waals surface area contributed by atoms with Crippen molar-refractivity contribution < 1.29 is 27.4 Å². The number of nitrogens with one attached hydrogen (secondary N) is 1. The van der Waals surface area contributed by atoms with E-state index in [9.17, 15) is 13.2 Å². The molecule has 0 saturated heterocycles. The molecule has 3 aromatic carbocycles. The molecule has 8 nitrogen and oxygen atoms in total. The Morgan fingerprint density at radius 1 is 1.00 bits per heavy atom. The van der Waals surface area contributed by atoms with Gasteiger partial charge in [-0.15, -0.1) is 0 Å². The van der Waals surface area contributed by atoms with Crippen LogP contribution in [-0.2, 0) is 16.6 Å². The van der Waals surface area contributed by atoms with Gasteiger partial charge in [-0.1, -0.05) is 17.7 Å². The summed E-state index contributed by atoms with van der Waals surface area (Å²) in [5.74, 6) is 1.39. The third kappa shape index (κ3) is 5.58. The number of nitrogens with zero attached hydrogens (tertiary/aromatic N) is 1. The second-order valence-electron chi connectivity index (χ2n) is 8.14. The van der Waals surface area contributed by atoms with Crippen LogP contribution in [0.5, 0.6) is 17.2 Å². The van der Waals surface area contributed by atoms with Gasteiger partial charge in [0.2, 0.25) is 10.0 Å². The predicted octanol–water partition coefficient (Wildman–Crippen LogP) is 4.24. The summed E-state index contributed by atoms with van der Waals surface area (Å²) in [4.78, 5) is 13.2. The Hall–Kier alpha value is -3.56. The van der Waals surface area contributed by atoms with Gasteiger partial charge < -0.3 is 19.5 Å². The van der Waals surface area contributed by atoms with Gasteiger partial charge in [0.25, 0.3) is 5.91 Å². The number of benzene rings is 3. The molecule has 0 unspecified atom stereocenters. The van der Waals surface area contributed by atoms with E-state index < -0.39 is 10.0 Å². The van der Waals surface area contributed by atoms with Crippen molar-refractivity contribution in [3.63, 3.8) is 0 Å². The van der Waals surface area contributed by atoms with E-state index in [1.165, 1.54) is 11.4 Å². The Bertz CT molecular complexity index is 1320. The molecule has 1 amide bonds. The summed E-state index contributed by atoms with van der Waals surface area (Å²) in [5.41, 5.74) is 2.50.